The van der Waals surface area contributed by atoms with Gasteiger partial charge in [0.05, 0.1) is 13.2 Å². The van der Waals surface area contributed by atoms with Crippen LogP contribution in [0.2, 0.25) is 5.02 Å². The van der Waals surface area contributed by atoms with Gasteiger partial charge in [0.15, 0.2) is 5.78 Å². The summed E-state index contributed by atoms with van der Waals surface area (Å²) in [5.74, 6) is 0.925. The van der Waals surface area contributed by atoms with Crippen LogP contribution in [-0.2, 0) is 11.2 Å². The number of hydrogen-bond acceptors (Lipinski definition) is 4. The molecule has 20 heavy (non-hydrogen) atoms. The van der Waals surface area contributed by atoms with Crippen LogP contribution in [0.1, 0.15) is 5.56 Å². The highest BCUT2D eigenvalue weighted by atomic mass is 35.5. The standard InChI is InChI=1S/C15H21ClN2O2/c1-17-6-7-18(2)13(10-17)14(19)9-11-8-12(16)4-5-15(11)20-3/h4-5,8,13H,6-7,9-10H2,1-3H3. The molecule has 0 N–H and O–H groups in total. The molecule has 0 amide bonds. The number of Topliss-reactive ketones (excluding diaryl/α,β-unsaturated/α-hetero) is 1. The second kappa shape index (κ2) is 6.57. The summed E-state index contributed by atoms with van der Waals surface area (Å²) in [4.78, 5) is 16.9. The number of benzene rings is 1. The van der Waals surface area contributed by atoms with Gasteiger partial charge in [-0.2, -0.15) is 0 Å². The van der Waals surface area contributed by atoms with Crippen LogP contribution in [0.4, 0.5) is 0 Å². The van der Waals surface area contributed by atoms with Gasteiger partial charge in [-0.25, -0.2) is 0 Å². The first kappa shape index (κ1) is 15.3. The first-order valence-electron chi connectivity index (χ1n) is 6.75. The lowest BCUT2D eigenvalue weighted by atomic mass is 10.0. The smallest absolute Gasteiger partial charge is 0.155 e. The maximum Gasteiger partial charge on any atom is 0.155 e. The van der Waals surface area contributed by atoms with Crippen molar-refractivity contribution in [3.05, 3.63) is 28.8 Å². The van der Waals surface area contributed by atoms with Gasteiger partial charge >= 0.3 is 0 Å². The third kappa shape index (κ3) is 3.51. The number of hydrogen-bond donors (Lipinski definition) is 0. The molecule has 1 heterocycles. The van der Waals surface area contributed by atoms with E-state index in [-0.39, 0.29) is 11.8 Å². The molecule has 1 unspecified atom stereocenters. The van der Waals surface area contributed by atoms with Crippen LogP contribution in [0, 0.1) is 0 Å². The van der Waals surface area contributed by atoms with Crippen molar-refractivity contribution in [2.45, 2.75) is 12.5 Å². The Morgan fingerprint density at radius 2 is 2.15 bits per heavy atom. The zero-order valence-corrected chi connectivity index (χ0v) is 13.0. The molecular formula is C15H21ClN2O2. The number of halogens is 1. The molecule has 0 saturated carbocycles. The first-order chi connectivity index (χ1) is 9.51. The molecule has 1 aromatic carbocycles. The minimum atomic E-state index is -0.0579. The molecule has 0 aliphatic carbocycles. The van der Waals surface area contributed by atoms with E-state index in [2.05, 4.69) is 9.80 Å². The molecule has 0 spiro atoms. The summed E-state index contributed by atoms with van der Waals surface area (Å²) in [5.41, 5.74) is 0.853. The molecule has 1 aliphatic heterocycles. The van der Waals surface area contributed by atoms with Crippen molar-refractivity contribution in [1.29, 1.82) is 0 Å². The van der Waals surface area contributed by atoms with Crippen molar-refractivity contribution in [2.24, 2.45) is 0 Å². The number of ketones is 1. The van der Waals surface area contributed by atoms with Crippen LogP contribution in [-0.4, -0.2) is 62.5 Å². The number of carbonyl (C=O) groups is 1. The largest absolute Gasteiger partial charge is 0.496 e. The topological polar surface area (TPSA) is 32.8 Å². The molecule has 1 atom stereocenters. The van der Waals surface area contributed by atoms with Crippen molar-refractivity contribution < 1.29 is 9.53 Å². The van der Waals surface area contributed by atoms with Gasteiger partial charge in [0, 0.05) is 36.6 Å². The minimum Gasteiger partial charge on any atom is -0.496 e. The van der Waals surface area contributed by atoms with Gasteiger partial charge in [-0.1, -0.05) is 11.6 Å². The van der Waals surface area contributed by atoms with Gasteiger partial charge in [0.25, 0.3) is 0 Å². The highest BCUT2D eigenvalue weighted by Gasteiger charge is 2.28. The Balaban J connectivity index is 2.12. The summed E-state index contributed by atoms with van der Waals surface area (Å²) >= 11 is 6.01. The van der Waals surface area contributed by atoms with E-state index in [1.807, 2.05) is 26.2 Å². The molecule has 1 aromatic rings. The Bertz CT molecular complexity index is 493. The maximum absolute atomic E-state index is 12.5. The molecule has 1 aliphatic rings. The minimum absolute atomic E-state index is 0.0579. The predicted octanol–water partition coefficient (Wildman–Crippen LogP) is 1.71. The highest BCUT2D eigenvalue weighted by molar-refractivity contribution is 6.30. The monoisotopic (exact) mass is 296 g/mol. The first-order valence-corrected chi connectivity index (χ1v) is 7.13. The normalized spacial score (nSPS) is 20.9. The number of piperazine rings is 1. The summed E-state index contributed by atoms with van der Waals surface area (Å²) in [6, 6.07) is 5.33. The fourth-order valence-electron chi connectivity index (χ4n) is 2.55. The summed E-state index contributed by atoms with van der Waals surface area (Å²) in [7, 11) is 5.66. The number of methoxy groups -OCH3 is 1. The van der Waals surface area contributed by atoms with E-state index in [1.165, 1.54) is 0 Å². The van der Waals surface area contributed by atoms with E-state index in [0.29, 0.717) is 11.4 Å². The Morgan fingerprint density at radius 3 is 2.85 bits per heavy atom. The van der Waals surface area contributed by atoms with Crippen molar-refractivity contribution in [2.75, 3.05) is 40.8 Å². The third-order valence-corrected chi connectivity index (χ3v) is 4.06. The van der Waals surface area contributed by atoms with Gasteiger partial charge < -0.3 is 9.64 Å². The van der Waals surface area contributed by atoms with E-state index in [4.69, 9.17) is 16.3 Å². The lowest BCUT2D eigenvalue weighted by molar-refractivity contribution is -0.125. The molecule has 1 saturated heterocycles. The van der Waals surface area contributed by atoms with Crippen LogP contribution < -0.4 is 4.74 Å². The fraction of sp³-hybridized carbons (Fsp3) is 0.533. The van der Waals surface area contributed by atoms with Crippen molar-refractivity contribution in [3.63, 3.8) is 0 Å². The van der Waals surface area contributed by atoms with Crippen LogP contribution in [0.15, 0.2) is 18.2 Å². The number of carbonyl (C=O) groups excluding carboxylic acids is 1. The number of nitrogens with zero attached hydrogens (tertiary/aromatic N) is 2. The Morgan fingerprint density at radius 1 is 1.40 bits per heavy atom. The van der Waals surface area contributed by atoms with E-state index in [0.717, 1.165) is 30.9 Å². The van der Waals surface area contributed by atoms with E-state index in [1.54, 1.807) is 13.2 Å². The second-order valence-corrected chi connectivity index (χ2v) is 5.79. The molecule has 0 bridgehead atoms. The third-order valence-electron chi connectivity index (χ3n) is 3.83. The van der Waals surface area contributed by atoms with Crippen LogP contribution in [0.3, 0.4) is 0 Å². The maximum atomic E-state index is 12.5. The van der Waals surface area contributed by atoms with Crippen LogP contribution in [0.5, 0.6) is 5.75 Å². The molecular weight excluding hydrogens is 276 g/mol. The zero-order valence-electron chi connectivity index (χ0n) is 12.2. The summed E-state index contributed by atoms with van der Waals surface area (Å²) in [6.45, 7) is 2.69. The summed E-state index contributed by atoms with van der Waals surface area (Å²) in [5, 5.41) is 0.628. The number of ether oxygens (including phenoxy) is 1. The van der Waals surface area contributed by atoms with Crippen molar-refractivity contribution in [1.82, 2.24) is 9.80 Å². The second-order valence-electron chi connectivity index (χ2n) is 5.36. The van der Waals surface area contributed by atoms with Gasteiger partial charge in [0.1, 0.15) is 5.75 Å². The van der Waals surface area contributed by atoms with Gasteiger partial charge in [-0.3, -0.25) is 9.69 Å². The van der Waals surface area contributed by atoms with E-state index >= 15 is 0 Å². The Kier molecular flexibility index (Phi) is 5.02. The summed E-state index contributed by atoms with van der Waals surface area (Å²) in [6.07, 6.45) is 0.354. The highest BCUT2D eigenvalue weighted by Crippen LogP contribution is 2.24. The number of rotatable bonds is 4. The predicted molar refractivity (Wildman–Crippen MR) is 80.6 cm³/mol. The van der Waals surface area contributed by atoms with E-state index < -0.39 is 0 Å². The van der Waals surface area contributed by atoms with Crippen LogP contribution >= 0.6 is 11.6 Å². The molecule has 110 valence electrons. The van der Waals surface area contributed by atoms with Gasteiger partial charge in [-0.15, -0.1) is 0 Å². The Hall–Kier alpha value is -1.10. The van der Waals surface area contributed by atoms with Crippen LogP contribution in [0.25, 0.3) is 0 Å². The fourth-order valence-corrected chi connectivity index (χ4v) is 2.74. The van der Waals surface area contributed by atoms with Crippen molar-refractivity contribution >= 4 is 17.4 Å². The average molecular weight is 297 g/mol. The van der Waals surface area contributed by atoms with Gasteiger partial charge in [-0.05, 0) is 32.3 Å². The lowest BCUT2D eigenvalue weighted by Gasteiger charge is -2.36. The van der Waals surface area contributed by atoms with E-state index in [9.17, 15) is 4.79 Å². The molecule has 5 heteroatoms. The molecule has 1 fully saturated rings. The number of likely N-dealkylation sites (N-methyl/N-ethyl adjacent to an activating group) is 2. The SMILES string of the molecule is COc1ccc(Cl)cc1CC(=O)C1CN(C)CCN1C. The molecule has 4 nitrogen and oxygen atoms in total. The summed E-state index contributed by atoms with van der Waals surface area (Å²) < 4.78 is 5.30. The molecule has 0 aromatic heterocycles. The zero-order chi connectivity index (χ0) is 14.7. The quantitative estimate of drug-likeness (QED) is 0.847. The van der Waals surface area contributed by atoms with Crippen molar-refractivity contribution in [3.8, 4) is 5.75 Å². The lowest BCUT2D eigenvalue weighted by Crippen LogP contribution is -2.53. The Labute approximate surface area is 125 Å². The molecule has 2 rings (SSSR count). The average Bonchev–Trinajstić information content (AvgIpc) is 2.41. The van der Waals surface area contributed by atoms with Gasteiger partial charge in [0.2, 0.25) is 0 Å². The molecule has 0 radical (unpaired) electrons.